The van der Waals surface area contributed by atoms with Crippen molar-refractivity contribution in [3.63, 3.8) is 0 Å². The number of anilines is 3. The van der Waals surface area contributed by atoms with E-state index < -0.39 is 0 Å². The average Bonchev–Trinajstić information content (AvgIpc) is 4.01. The lowest BCUT2D eigenvalue weighted by atomic mass is 10.1. The van der Waals surface area contributed by atoms with E-state index in [9.17, 15) is 14.4 Å². The van der Waals surface area contributed by atoms with Crippen LogP contribution in [0.1, 0.15) is 19.7 Å². The van der Waals surface area contributed by atoms with E-state index in [0.29, 0.717) is 68.2 Å². The predicted octanol–water partition coefficient (Wildman–Crippen LogP) is 7.41. The molecular weight excluding hydrogens is 803 g/mol. The van der Waals surface area contributed by atoms with Crippen LogP contribution in [0.25, 0.3) is 44.6 Å². The Balaban J connectivity index is 0.000000183. The summed E-state index contributed by atoms with van der Waals surface area (Å²) in [5.41, 5.74) is 4.46. The highest BCUT2D eigenvalue weighted by Crippen LogP contribution is 2.35. The highest BCUT2D eigenvalue weighted by molar-refractivity contribution is 6.26. The van der Waals surface area contributed by atoms with Crippen LogP contribution in [0.4, 0.5) is 17.2 Å². The fraction of sp³-hybridized carbons (Fsp3) is 0.170. The highest BCUT2D eigenvalue weighted by atomic mass is 16.5. The molecule has 3 aromatic heterocycles. The van der Waals surface area contributed by atoms with Crippen molar-refractivity contribution < 1.29 is 23.7 Å². The number of methoxy groups -OCH3 is 4. The lowest BCUT2D eigenvalue weighted by Gasteiger charge is -2.22. The Morgan fingerprint density at radius 2 is 1.19 bits per heavy atom. The molecule has 1 aliphatic heterocycles. The number of carbonyl (C=O) groups is 1. The molecule has 1 aliphatic rings. The maximum atomic E-state index is 13.6. The molecule has 5 aromatic carbocycles. The van der Waals surface area contributed by atoms with Crippen LogP contribution in [0, 0.1) is 0 Å². The molecule has 0 fully saturated rings. The Labute approximate surface area is 362 Å². The zero-order valence-electron chi connectivity index (χ0n) is 35.8. The van der Waals surface area contributed by atoms with Crippen molar-refractivity contribution in [3.05, 3.63) is 148 Å². The quantitative estimate of drug-likeness (QED) is 0.0867. The van der Waals surface area contributed by atoms with Gasteiger partial charge in [-0.1, -0.05) is 56.3 Å². The lowest BCUT2D eigenvalue weighted by Crippen LogP contribution is -2.27. The number of ketones is 1. The highest BCUT2D eigenvalue weighted by Gasteiger charge is 2.33. The van der Waals surface area contributed by atoms with E-state index >= 15 is 0 Å². The average molecular weight is 850 g/mol. The van der Waals surface area contributed by atoms with Gasteiger partial charge in [0.15, 0.2) is 5.78 Å². The summed E-state index contributed by atoms with van der Waals surface area (Å²) in [6.07, 6.45) is 0. The normalized spacial score (nSPS) is 12.0. The van der Waals surface area contributed by atoms with Crippen molar-refractivity contribution in [2.75, 3.05) is 52.2 Å². The Morgan fingerprint density at radius 3 is 1.79 bits per heavy atom. The summed E-state index contributed by atoms with van der Waals surface area (Å²) in [5, 5.41) is 10.0. The van der Waals surface area contributed by atoms with Crippen molar-refractivity contribution in [3.8, 4) is 40.1 Å². The maximum absolute atomic E-state index is 13.6. The van der Waals surface area contributed by atoms with E-state index in [0.717, 1.165) is 22.4 Å². The molecule has 0 bridgehead atoms. The van der Waals surface area contributed by atoms with Crippen LogP contribution in [-0.4, -0.2) is 77.5 Å². The van der Waals surface area contributed by atoms with E-state index in [-0.39, 0.29) is 29.3 Å². The van der Waals surface area contributed by atoms with Gasteiger partial charge in [0.05, 0.1) is 68.3 Å². The summed E-state index contributed by atoms with van der Waals surface area (Å²) in [5.74, 6) is 3.97. The molecule has 4 heterocycles. The van der Waals surface area contributed by atoms with Crippen molar-refractivity contribution in [1.82, 2.24) is 35.0 Å². The number of fused-ring (bicyclic) bond motifs is 2. The second kappa shape index (κ2) is 19.0. The summed E-state index contributed by atoms with van der Waals surface area (Å²) >= 11 is 0. The predicted molar refractivity (Wildman–Crippen MR) is 246 cm³/mol. The number of nitrogens with zero attached hydrogens (tertiary/aromatic N) is 4. The van der Waals surface area contributed by atoms with E-state index in [4.69, 9.17) is 18.9 Å². The van der Waals surface area contributed by atoms with Gasteiger partial charge in [0.25, 0.3) is 11.1 Å². The van der Waals surface area contributed by atoms with Crippen LogP contribution in [0.5, 0.6) is 23.0 Å². The fourth-order valence-corrected chi connectivity index (χ4v) is 7.03. The molecule has 8 aromatic rings. The number of imidazole rings is 1. The van der Waals surface area contributed by atoms with Gasteiger partial charge in [0.1, 0.15) is 57.4 Å². The molecule has 0 aliphatic carbocycles. The molecule has 0 saturated heterocycles. The maximum Gasteiger partial charge on any atom is 0.284 e. The molecule has 0 spiro atoms. The number of carbonyl (C=O) groups excluding carboxylic acids is 1. The zero-order chi connectivity index (χ0) is 44.6. The molecule has 0 atom stereocenters. The fourth-order valence-electron chi connectivity index (χ4n) is 7.03. The Morgan fingerprint density at radius 1 is 0.635 bits per heavy atom. The van der Waals surface area contributed by atoms with E-state index in [1.54, 1.807) is 88.9 Å². The van der Waals surface area contributed by atoms with Crippen LogP contribution in [-0.2, 0) is 4.79 Å². The van der Waals surface area contributed by atoms with Crippen molar-refractivity contribution in [2.45, 2.75) is 13.8 Å². The van der Waals surface area contributed by atoms with Crippen LogP contribution in [0.2, 0.25) is 0 Å². The number of ether oxygens (including phenoxy) is 4. The van der Waals surface area contributed by atoms with Crippen LogP contribution < -0.4 is 45.6 Å². The minimum atomic E-state index is -0.289. The number of rotatable bonds is 11. The van der Waals surface area contributed by atoms with Crippen LogP contribution >= 0.6 is 0 Å². The first-order chi connectivity index (χ1) is 30.7. The van der Waals surface area contributed by atoms with Crippen molar-refractivity contribution >= 4 is 50.5 Å². The number of aromatic amines is 3. The number of para-hydroxylation sites is 4. The van der Waals surface area contributed by atoms with Gasteiger partial charge in [-0.05, 0) is 36.4 Å². The number of Topliss-reactive ketones (excluding diaryl/α,β-unsaturated/α-hetero) is 1. The minimum absolute atomic E-state index is 0.0956. The lowest BCUT2D eigenvalue weighted by molar-refractivity contribution is -0.112. The third kappa shape index (κ3) is 8.81. The second-order valence-electron chi connectivity index (χ2n) is 13.7. The van der Waals surface area contributed by atoms with Gasteiger partial charge in [0, 0.05) is 49.1 Å². The summed E-state index contributed by atoms with van der Waals surface area (Å²) in [7, 11) is 7.99. The van der Waals surface area contributed by atoms with Gasteiger partial charge < -0.3 is 44.4 Å². The number of aromatic nitrogens is 6. The first-order valence-corrected chi connectivity index (χ1v) is 20.0. The molecule has 9 rings (SSSR count). The van der Waals surface area contributed by atoms with Crippen molar-refractivity contribution in [2.24, 2.45) is 0 Å². The number of nitrogens with one attached hydrogen (secondary N) is 5. The van der Waals surface area contributed by atoms with Crippen LogP contribution in [0.3, 0.4) is 0 Å². The number of H-pyrrole nitrogens is 3. The molecule has 322 valence electrons. The third-order valence-electron chi connectivity index (χ3n) is 9.98. The number of hydrogen-bond acceptors (Lipinski definition) is 12. The summed E-state index contributed by atoms with van der Waals surface area (Å²) in [4.78, 5) is 56.0. The largest absolute Gasteiger partial charge is 0.497 e. The molecule has 63 heavy (non-hydrogen) atoms. The second-order valence-corrected chi connectivity index (χ2v) is 13.7. The summed E-state index contributed by atoms with van der Waals surface area (Å²) in [6, 6.07) is 35.0. The van der Waals surface area contributed by atoms with Gasteiger partial charge in [-0.3, -0.25) is 19.5 Å². The van der Waals surface area contributed by atoms with Crippen LogP contribution in [0.15, 0.2) is 131 Å². The van der Waals surface area contributed by atoms with Gasteiger partial charge in [-0.2, -0.15) is 0 Å². The molecule has 0 saturated carbocycles. The van der Waals surface area contributed by atoms with Gasteiger partial charge in [-0.15, -0.1) is 0 Å². The van der Waals surface area contributed by atoms with Gasteiger partial charge >= 0.3 is 0 Å². The first kappa shape index (κ1) is 42.8. The monoisotopic (exact) mass is 849 g/mol. The Bertz CT molecular complexity index is 2980. The topological polar surface area (TPSA) is 194 Å². The zero-order valence-corrected chi connectivity index (χ0v) is 35.8. The third-order valence-corrected chi connectivity index (χ3v) is 9.98. The van der Waals surface area contributed by atoms with E-state index in [1.165, 1.54) is 4.68 Å². The van der Waals surface area contributed by atoms with Gasteiger partial charge in [0.2, 0.25) is 0 Å². The Kier molecular flexibility index (Phi) is 12.9. The van der Waals surface area contributed by atoms with E-state index in [1.807, 2.05) is 80.6 Å². The molecule has 0 radical (unpaired) electrons. The molecular formula is C47H47N9O7. The molecule has 16 heteroatoms. The van der Waals surface area contributed by atoms with Gasteiger partial charge in [-0.25, -0.2) is 14.6 Å². The smallest absolute Gasteiger partial charge is 0.284 e. The number of hydrogen-bond donors (Lipinski definition) is 5. The molecule has 16 nitrogen and oxygen atoms in total. The van der Waals surface area contributed by atoms with E-state index in [2.05, 4.69) is 35.7 Å². The molecule has 0 unspecified atom stereocenters. The standard InChI is InChI=1S/C24H21N5O3.C21H20N4O4.C2H6/c1-31-17-12-16(13-18(14-17)32-2)29-24(30)21(22-26-19-10-6-7-11-20(19)27-22)23(28-29)25-15-8-4-3-5-9-15;1-22-20-18(19-23-16-7-5-4-6-15(16)21(27)24-19)17(26)11-25(20)12-8-13(28-2)10-14(9-12)29-3;1-2/h3-14,25,28H,1-2H3,(H,26,27);4-10,22H,11H2,1-3H3,(H,23,24,27);1-2H3. The molecule has 0 amide bonds. The summed E-state index contributed by atoms with van der Waals surface area (Å²) < 4.78 is 22.9. The number of benzene rings is 5. The SMILES string of the molecule is CC.CNC1=C(c2nc3ccccc3c(=O)[nH]2)C(=O)CN1c1cc(OC)cc(OC)c1.COc1cc(OC)cc(-n2[nH]c(Nc3ccccc3)c(-c3nc4ccccc4[nH]3)c2=O)c1. The molecule has 5 N–H and O–H groups in total. The minimum Gasteiger partial charge on any atom is -0.497 e. The van der Waals surface area contributed by atoms with Crippen molar-refractivity contribution in [1.29, 1.82) is 0 Å². The summed E-state index contributed by atoms with van der Waals surface area (Å²) in [6.45, 7) is 4.10. The Hall–Kier alpha value is -8.27. The first-order valence-electron chi connectivity index (χ1n) is 20.0.